The van der Waals surface area contributed by atoms with E-state index in [0.29, 0.717) is 21.2 Å². The molecular weight excluding hydrogens is 368 g/mol. The first kappa shape index (κ1) is 17.5. The van der Waals surface area contributed by atoms with Crippen LogP contribution in [0.15, 0.2) is 23.1 Å². The quantitative estimate of drug-likeness (QED) is 0.632. The summed E-state index contributed by atoms with van der Waals surface area (Å²) in [5, 5.41) is 8.94. The van der Waals surface area contributed by atoms with E-state index in [4.69, 9.17) is 17.3 Å². The number of amides is 1. The van der Waals surface area contributed by atoms with Crippen LogP contribution in [-0.4, -0.2) is 45.8 Å². The van der Waals surface area contributed by atoms with Crippen molar-refractivity contribution >= 4 is 51.9 Å². The van der Waals surface area contributed by atoms with Gasteiger partial charge in [-0.1, -0.05) is 42.9 Å². The molecule has 0 bridgehead atoms. The van der Waals surface area contributed by atoms with E-state index in [1.54, 1.807) is 0 Å². The monoisotopic (exact) mass is 388 g/mol. The molecule has 26 heavy (non-hydrogen) atoms. The summed E-state index contributed by atoms with van der Waals surface area (Å²) in [6, 6.07) is 6.93. The highest BCUT2D eigenvalue weighted by atomic mass is 32.2. The molecule has 3 aliphatic rings. The van der Waals surface area contributed by atoms with E-state index in [9.17, 15) is 9.59 Å². The molecule has 2 unspecified atom stereocenters. The minimum absolute atomic E-state index is 0.303. The lowest BCUT2D eigenvalue weighted by Crippen LogP contribution is -2.33. The van der Waals surface area contributed by atoms with Crippen molar-refractivity contribution in [3.05, 3.63) is 34.2 Å². The van der Waals surface area contributed by atoms with E-state index in [1.807, 2.05) is 12.1 Å². The van der Waals surface area contributed by atoms with Crippen molar-refractivity contribution in [3.8, 4) is 0 Å². The maximum atomic E-state index is 12.4. The van der Waals surface area contributed by atoms with Crippen LogP contribution < -0.4 is 4.90 Å². The molecule has 4 rings (SSSR count). The van der Waals surface area contributed by atoms with Crippen molar-refractivity contribution in [1.29, 1.82) is 0 Å². The third kappa shape index (κ3) is 2.93. The number of fused-ring (bicyclic) bond motifs is 3. The molecule has 5 nitrogen and oxygen atoms in total. The normalized spacial score (nSPS) is 26.4. The number of carboxylic acids is 1. The molecule has 2 atom stereocenters. The van der Waals surface area contributed by atoms with Crippen LogP contribution in [0, 0.1) is 0 Å². The molecule has 136 valence electrons. The molecule has 0 spiro atoms. The second-order valence-electron chi connectivity index (χ2n) is 7.05. The molecule has 1 saturated heterocycles. The summed E-state index contributed by atoms with van der Waals surface area (Å²) >= 11 is 6.33. The number of thiocarbonyl (C=S) groups is 1. The van der Waals surface area contributed by atoms with E-state index >= 15 is 0 Å². The summed E-state index contributed by atoms with van der Waals surface area (Å²) in [7, 11) is 2.17. The average Bonchev–Trinajstić information content (AvgIpc) is 3.04. The van der Waals surface area contributed by atoms with Gasteiger partial charge in [-0.2, -0.15) is 0 Å². The second-order valence-corrected chi connectivity index (χ2v) is 8.72. The third-order valence-corrected chi connectivity index (χ3v) is 6.90. The minimum Gasteiger partial charge on any atom is -0.480 e. The van der Waals surface area contributed by atoms with Crippen molar-refractivity contribution in [3.63, 3.8) is 0 Å². The Morgan fingerprint density at radius 3 is 2.92 bits per heavy atom. The van der Waals surface area contributed by atoms with Crippen LogP contribution in [0.5, 0.6) is 0 Å². The minimum atomic E-state index is -1.06. The predicted octanol–water partition coefficient (Wildman–Crippen LogP) is 3.45. The standard InChI is InChI=1S/C19H20N2O3S2/c1-20-14-5-3-2-4-12(14)13-8-11(6-7-15(13)20)9-16-18(24)21(10-17(22)23)19(25)26-16/h6-9,12,14H,2-5,10H2,1H3,(H,22,23). The average molecular weight is 389 g/mol. The third-order valence-electron chi connectivity index (χ3n) is 5.52. The van der Waals surface area contributed by atoms with Crippen molar-refractivity contribution in [2.45, 2.75) is 37.6 Å². The van der Waals surface area contributed by atoms with Gasteiger partial charge in [0, 0.05) is 24.7 Å². The van der Waals surface area contributed by atoms with Gasteiger partial charge >= 0.3 is 5.97 Å². The van der Waals surface area contributed by atoms with E-state index in [-0.39, 0.29) is 12.5 Å². The summed E-state index contributed by atoms with van der Waals surface area (Å²) < 4.78 is 0.303. The fourth-order valence-corrected chi connectivity index (χ4v) is 5.58. The zero-order valence-corrected chi connectivity index (χ0v) is 16.1. The maximum Gasteiger partial charge on any atom is 0.323 e. The Bertz CT molecular complexity index is 836. The molecule has 0 radical (unpaired) electrons. The molecular formula is C19H20N2O3S2. The Labute approximate surface area is 162 Å². The zero-order valence-electron chi connectivity index (χ0n) is 14.5. The zero-order chi connectivity index (χ0) is 18.4. The van der Waals surface area contributed by atoms with Gasteiger partial charge in [-0.3, -0.25) is 14.5 Å². The van der Waals surface area contributed by atoms with Gasteiger partial charge in [0.1, 0.15) is 10.9 Å². The fraction of sp³-hybridized carbons (Fsp3) is 0.421. The van der Waals surface area contributed by atoms with Crippen LogP contribution in [0.25, 0.3) is 6.08 Å². The number of thioether (sulfide) groups is 1. The molecule has 1 N–H and O–H groups in total. The van der Waals surface area contributed by atoms with Crippen molar-refractivity contribution in [1.82, 2.24) is 4.90 Å². The van der Waals surface area contributed by atoms with Gasteiger partial charge in [-0.15, -0.1) is 0 Å². The Kier molecular flexibility index (Phi) is 4.52. The van der Waals surface area contributed by atoms with E-state index in [1.165, 1.54) is 48.7 Å². The lowest BCUT2D eigenvalue weighted by atomic mass is 9.82. The summed E-state index contributed by atoms with van der Waals surface area (Å²) in [6.07, 6.45) is 6.84. The number of benzene rings is 1. The second kappa shape index (κ2) is 6.70. The number of carboxylic acid groups (broad SMARTS) is 1. The van der Waals surface area contributed by atoms with Crippen molar-refractivity contribution in [2.24, 2.45) is 0 Å². The van der Waals surface area contributed by atoms with Gasteiger partial charge in [-0.05, 0) is 42.2 Å². The van der Waals surface area contributed by atoms with Gasteiger partial charge in [-0.25, -0.2) is 0 Å². The number of hydrogen-bond donors (Lipinski definition) is 1. The molecule has 7 heteroatoms. The number of aliphatic carboxylic acids is 1. The molecule has 1 aromatic carbocycles. The van der Waals surface area contributed by atoms with Crippen LogP contribution in [0.2, 0.25) is 0 Å². The topological polar surface area (TPSA) is 60.9 Å². The number of likely N-dealkylation sites (N-methyl/N-ethyl adjacent to an activating group) is 1. The number of rotatable bonds is 3. The van der Waals surface area contributed by atoms with Crippen LogP contribution in [0.1, 0.15) is 42.7 Å². The predicted molar refractivity (Wildman–Crippen MR) is 107 cm³/mol. The number of nitrogens with zero attached hydrogens (tertiary/aromatic N) is 2. The number of carbonyl (C=O) groups is 2. The Hall–Kier alpha value is -1.86. The van der Waals surface area contributed by atoms with Crippen LogP contribution in [-0.2, 0) is 9.59 Å². The first-order valence-corrected chi connectivity index (χ1v) is 10.0. The SMILES string of the molecule is CN1c2ccc(C=C3SC(=S)N(CC(=O)O)C3=O)cc2C2CCCCC21. The van der Waals surface area contributed by atoms with Gasteiger partial charge in [0.25, 0.3) is 5.91 Å². The smallest absolute Gasteiger partial charge is 0.323 e. The van der Waals surface area contributed by atoms with Gasteiger partial charge < -0.3 is 10.0 Å². The lowest BCUT2D eigenvalue weighted by Gasteiger charge is -2.30. The largest absolute Gasteiger partial charge is 0.480 e. The molecule has 2 heterocycles. The highest BCUT2D eigenvalue weighted by Crippen LogP contribution is 2.47. The van der Waals surface area contributed by atoms with E-state index in [2.05, 4.69) is 24.1 Å². The first-order chi connectivity index (χ1) is 12.5. The summed E-state index contributed by atoms with van der Waals surface area (Å²) in [6.45, 7) is -0.388. The van der Waals surface area contributed by atoms with Gasteiger partial charge in [0.15, 0.2) is 0 Å². The summed E-state index contributed by atoms with van der Waals surface area (Å²) in [5.74, 6) is -0.819. The van der Waals surface area contributed by atoms with E-state index in [0.717, 1.165) is 10.5 Å². The van der Waals surface area contributed by atoms with Crippen LogP contribution in [0.3, 0.4) is 0 Å². The van der Waals surface area contributed by atoms with Gasteiger partial charge in [0.05, 0.1) is 4.91 Å². The summed E-state index contributed by atoms with van der Waals surface area (Å²) in [5.41, 5.74) is 3.63. The molecule has 1 aliphatic carbocycles. The number of carbonyl (C=O) groups excluding carboxylic acids is 1. The first-order valence-electron chi connectivity index (χ1n) is 8.79. The number of hydrogen-bond acceptors (Lipinski definition) is 5. The van der Waals surface area contributed by atoms with Crippen molar-refractivity contribution in [2.75, 3.05) is 18.5 Å². The molecule has 2 fully saturated rings. The van der Waals surface area contributed by atoms with Crippen LogP contribution >= 0.6 is 24.0 Å². The van der Waals surface area contributed by atoms with Gasteiger partial charge in [0.2, 0.25) is 0 Å². The molecule has 1 aromatic rings. The molecule has 0 aromatic heterocycles. The fourth-order valence-electron chi connectivity index (χ4n) is 4.32. The molecule has 2 aliphatic heterocycles. The highest BCUT2D eigenvalue weighted by molar-refractivity contribution is 8.26. The number of anilines is 1. The molecule has 1 saturated carbocycles. The maximum absolute atomic E-state index is 12.4. The highest BCUT2D eigenvalue weighted by Gasteiger charge is 2.38. The Morgan fingerprint density at radius 1 is 1.38 bits per heavy atom. The van der Waals surface area contributed by atoms with Crippen molar-refractivity contribution < 1.29 is 14.7 Å². The summed E-state index contributed by atoms with van der Waals surface area (Å²) in [4.78, 5) is 27.4. The lowest BCUT2D eigenvalue weighted by molar-refractivity contribution is -0.140. The van der Waals surface area contributed by atoms with E-state index < -0.39 is 5.97 Å². The molecule has 1 amide bonds. The Balaban J connectivity index is 1.63. The van der Waals surface area contributed by atoms with Crippen LogP contribution in [0.4, 0.5) is 5.69 Å². The Morgan fingerprint density at radius 2 is 2.15 bits per heavy atom.